The molecule has 5 heteroatoms. The van der Waals surface area contributed by atoms with Crippen molar-refractivity contribution >= 4 is 5.69 Å². The predicted molar refractivity (Wildman–Crippen MR) is 82.1 cm³/mol. The van der Waals surface area contributed by atoms with Gasteiger partial charge >= 0.3 is 0 Å². The maximum absolute atomic E-state index is 13.6. The van der Waals surface area contributed by atoms with Gasteiger partial charge in [-0.25, -0.2) is 4.39 Å². The lowest BCUT2D eigenvalue weighted by Gasteiger charge is -2.40. The van der Waals surface area contributed by atoms with E-state index in [1.54, 1.807) is 6.07 Å². The lowest BCUT2D eigenvalue weighted by Crippen LogP contribution is -2.50. The zero-order valence-electron chi connectivity index (χ0n) is 13.0. The Labute approximate surface area is 125 Å². The fraction of sp³-hybridized carbons (Fsp3) is 0.625. The quantitative estimate of drug-likeness (QED) is 0.873. The van der Waals surface area contributed by atoms with Crippen molar-refractivity contribution in [3.63, 3.8) is 0 Å². The number of rotatable bonds is 5. The summed E-state index contributed by atoms with van der Waals surface area (Å²) in [7, 11) is 0. The van der Waals surface area contributed by atoms with Crippen LogP contribution in [0.4, 0.5) is 10.1 Å². The first-order valence-electron chi connectivity index (χ1n) is 7.58. The van der Waals surface area contributed by atoms with Gasteiger partial charge in [0, 0.05) is 24.3 Å². The van der Waals surface area contributed by atoms with Crippen molar-refractivity contribution in [1.82, 2.24) is 5.32 Å². The molecule has 1 fully saturated rings. The summed E-state index contributed by atoms with van der Waals surface area (Å²) >= 11 is 0. The molecule has 0 aromatic heterocycles. The molecule has 3 unspecified atom stereocenters. The van der Waals surface area contributed by atoms with E-state index >= 15 is 0 Å². The van der Waals surface area contributed by atoms with Crippen molar-refractivity contribution in [3.05, 3.63) is 29.6 Å². The summed E-state index contributed by atoms with van der Waals surface area (Å²) in [5, 5.41) is 12.7. The fourth-order valence-electron chi connectivity index (χ4n) is 2.81. The van der Waals surface area contributed by atoms with Gasteiger partial charge in [0.2, 0.25) is 0 Å². The third kappa shape index (κ3) is 3.73. The number of aliphatic hydroxyl groups is 1. The van der Waals surface area contributed by atoms with Gasteiger partial charge in [-0.3, -0.25) is 0 Å². The average Bonchev–Trinajstić information content (AvgIpc) is 2.48. The molecule has 0 aliphatic carbocycles. The summed E-state index contributed by atoms with van der Waals surface area (Å²) < 4.78 is 19.2. The number of hydrogen-bond donors (Lipinski definition) is 2. The molecule has 2 N–H and O–H groups in total. The maximum atomic E-state index is 13.6. The van der Waals surface area contributed by atoms with Gasteiger partial charge < -0.3 is 20.1 Å². The molecule has 21 heavy (non-hydrogen) atoms. The number of anilines is 1. The molecular weight excluding hydrogens is 271 g/mol. The highest BCUT2D eigenvalue weighted by atomic mass is 19.1. The van der Waals surface area contributed by atoms with Crippen LogP contribution in [-0.4, -0.2) is 43.6 Å². The minimum Gasteiger partial charge on any atom is -0.394 e. The number of ether oxygens (including phenoxy) is 1. The van der Waals surface area contributed by atoms with E-state index in [-0.39, 0.29) is 30.6 Å². The SMILES string of the molecule is CCNC(C)c1cc(F)ccc1N1CC(CO)OCC1C. The Morgan fingerprint density at radius 1 is 1.52 bits per heavy atom. The van der Waals surface area contributed by atoms with Crippen LogP contribution in [0.15, 0.2) is 18.2 Å². The maximum Gasteiger partial charge on any atom is 0.123 e. The fourth-order valence-corrected chi connectivity index (χ4v) is 2.81. The zero-order valence-corrected chi connectivity index (χ0v) is 13.0. The van der Waals surface area contributed by atoms with E-state index in [0.29, 0.717) is 13.2 Å². The van der Waals surface area contributed by atoms with E-state index in [9.17, 15) is 9.50 Å². The molecule has 1 aliphatic rings. The minimum atomic E-state index is -0.224. The third-order valence-electron chi connectivity index (χ3n) is 3.98. The summed E-state index contributed by atoms with van der Waals surface area (Å²) in [6.45, 7) is 8.17. The van der Waals surface area contributed by atoms with Crippen LogP contribution in [0.5, 0.6) is 0 Å². The van der Waals surface area contributed by atoms with Crippen molar-refractivity contribution < 1.29 is 14.2 Å². The highest BCUT2D eigenvalue weighted by Crippen LogP contribution is 2.30. The Kier molecular flexibility index (Phi) is 5.56. The first kappa shape index (κ1) is 16.2. The second-order valence-electron chi connectivity index (χ2n) is 5.62. The second kappa shape index (κ2) is 7.20. The van der Waals surface area contributed by atoms with Gasteiger partial charge in [-0.1, -0.05) is 6.92 Å². The van der Waals surface area contributed by atoms with Crippen molar-refractivity contribution in [3.8, 4) is 0 Å². The Morgan fingerprint density at radius 2 is 2.29 bits per heavy atom. The molecule has 1 saturated heterocycles. The molecule has 2 rings (SSSR count). The van der Waals surface area contributed by atoms with Crippen molar-refractivity contribution in [2.75, 3.05) is 31.2 Å². The van der Waals surface area contributed by atoms with Gasteiger partial charge in [0.1, 0.15) is 5.82 Å². The largest absolute Gasteiger partial charge is 0.394 e. The molecule has 0 saturated carbocycles. The number of halogens is 1. The van der Waals surface area contributed by atoms with Crippen LogP contribution in [0.2, 0.25) is 0 Å². The highest BCUT2D eigenvalue weighted by molar-refractivity contribution is 5.56. The van der Waals surface area contributed by atoms with Crippen LogP contribution in [0.1, 0.15) is 32.4 Å². The highest BCUT2D eigenvalue weighted by Gasteiger charge is 2.28. The van der Waals surface area contributed by atoms with E-state index in [1.807, 2.05) is 19.9 Å². The van der Waals surface area contributed by atoms with E-state index in [4.69, 9.17) is 4.74 Å². The number of aliphatic hydroxyl groups excluding tert-OH is 1. The lowest BCUT2D eigenvalue weighted by molar-refractivity contribution is -0.0104. The van der Waals surface area contributed by atoms with Crippen LogP contribution >= 0.6 is 0 Å². The van der Waals surface area contributed by atoms with Crippen LogP contribution in [0.3, 0.4) is 0 Å². The molecule has 1 aromatic carbocycles. The molecule has 118 valence electrons. The van der Waals surface area contributed by atoms with Gasteiger partial charge in [-0.05, 0) is 44.2 Å². The number of hydrogen-bond acceptors (Lipinski definition) is 4. The van der Waals surface area contributed by atoms with Gasteiger partial charge in [0.05, 0.1) is 19.3 Å². The summed E-state index contributed by atoms with van der Waals surface area (Å²) in [6.07, 6.45) is -0.187. The standard InChI is InChI=1S/C16H25FN2O2/c1-4-18-12(3)15-7-13(17)5-6-16(15)19-8-14(9-20)21-10-11(19)2/h5-7,11-12,14,18,20H,4,8-10H2,1-3H3. The van der Waals surface area contributed by atoms with E-state index < -0.39 is 0 Å². The molecule has 0 spiro atoms. The predicted octanol–water partition coefficient (Wildman–Crippen LogP) is 2.08. The van der Waals surface area contributed by atoms with Crippen molar-refractivity contribution in [2.24, 2.45) is 0 Å². The summed E-state index contributed by atoms with van der Waals surface area (Å²) in [4.78, 5) is 2.20. The molecule has 0 bridgehead atoms. The average molecular weight is 296 g/mol. The second-order valence-corrected chi connectivity index (χ2v) is 5.62. The van der Waals surface area contributed by atoms with E-state index in [0.717, 1.165) is 17.8 Å². The zero-order chi connectivity index (χ0) is 15.4. The van der Waals surface area contributed by atoms with Gasteiger partial charge in [0.15, 0.2) is 0 Å². The topological polar surface area (TPSA) is 44.7 Å². The molecule has 0 amide bonds. The summed E-state index contributed by atoms with van der Waals surface area (Å²) in [5.74, 6) is -0.224. The summed E-state index contributed by atoms with van der Waals surface area (Å²) in [5.41, 5.74) is 1.96. The van der Waals surface area contributed by atoms with Crippen LogP contribution < -0.4 is 10.2 Å². The van der Waals surface area contributed by atoms with Crippen LogP contribution in [0.25, 0.3) is 0 Å². The molecular formula is C16H25FN2O2. The molecule has 3 atom stereocenters. The minimum absolute atomic E-state index is 0.00249. The number of nitrogens with zero attached hydrogens (tertiary/aromatic N) is 1. The van der Waals surface area contributed by atoms with Crippen LogP contribution in [-0.2, 0) is 4.74 Å². The van der Waals surface area contributed by atoms with E-state index in [1.165, 1.54) is 6.07 Å². The number of nitrogens with one attached hydrogen (secondary N) is 1. The third-order valence-corrected chi connectivity index (χ3v) is 3.98. The Morgan fingerprint density at radius 3 is 2.95 bits per heavy atom. The van der Waals surface area contributed by atoms with Crippen molar-refractivity contribution in [2.45, 2.75) is 39.0 Å². The van der Waals surface area contributed by atoms with Crippen LogP contribution in [0, 0.1) is 5.82 Å². The van der Waals surface area contributed by atoms with Gasteiger partial charge in [-0.15, -0.1) is 0 Å². The molecule has 1 aromatic rings. The lowest BCUT2D eigenvalue weighted by atomic mass is 10.0. The summed E-state index contributed by atoms with van der Waals surface area (Å²) in [6, 6.07) is 5.19. The Bertz CT molecular complexity index is 470. The van der Waals surface area contributed by atoms with E-state index in [2.05, 4.69) is 17.1 Å². The Hall–Kier alpha value is -1.17. The number of morpholine rings is 1. The molecule has 0 radical (unpaired) electrons. The first-order chi connectivity index (χ1) is 10.1. The monoisotopic (exact) mass is 296 g/mol. The van der Waals surface area contributed by atoms with Gasteiger partial charge in [-0.2, -0.15) is 0 Å². The molecule has 1 aliphatic heterocycles. The Balaban J connectivity index is 2.32. The normalized spacial score (nSPS) is 24.1. The number of benzene rings is 1. The van der Waals surface area contributed by atoms with Crippen molar-refractivity contribution in [1.29, 1.82) is 0 Å². The molecule has 4 nitrogen and oxygen atoms in total. The molecule has 1 heterocycles. The van der Waals surface area contributed by atoms with Gasteiger partial charge in [0.25, 0.3) is 0 Å². The smallest absolute Gasteiger partial charge is 0.123 e. The first-order valence-corrected chi connectivity index (χ1v) is 7.58.